The molecule has 5 heteroatoms. The topological polar surface area (TPSA) is 74.4 Å². The maximum absolute atomic E-state index is 11.2. The van der Waals surface area contributed by atoms with Gasteiger partial charge < -0.3 is 20.1 Å². The second kappa shape index (κ2) is 7.09. The van der Waals surface area contributed by atoms with Crippen molar-refractivity contribution < 1.29 is 14.6 Å². The van der Waals surface area contributed by atoms with Gasteiger partial charge in [0.05, 0.1) is 13.2 Å². The Labute approximate surface area is 101 Å². The van der Waals surface area contributed by atoms with Crippen molar-refractivity contribution >= 4 is 5.97 Å². The molecule has 0 bridgehead atoms. The molecule has 3 N–H and O–H groups in total. The maximum Gasteiger partial charge on any atom is 0.354 e. The lowest BCUT2D eigenvalue weighted by molar-refractivity contribution is 0.0595. The number of hydrogen-bond acceptors (Lipinski definition) is 4. The normalized spacial score (nSPS) is 12.4. The molecule has 1 aromatic heterocycles. The fourth-order valence-electron chi connectivity index (χ4n) is 1.59. The molecule has 0 aromatic carbocycles. The summed E-state index contributed by atoms with van der Waals surface area (Å²) in [7, 11) is 1.35. The number of rotatable bonds is 7. The highest BCUT2D eigenvalue weighted by molar-refractivity contribution is 5.87. The SMILES string of the molecule is CCCC(O)CNCc1c[nH]c(C(=O)OC)c1. The van der Waals surface area contributed by atoms with Crippen LogP contribution in [0.5, 0.6) is 0 Å². The Morgan fingerprint density at radius 1 is 1.65 bits per heavy atom. The minimum Gasteiger partial charge on any atom is -0.464 e. The van der Waals surface area contributed by atoms with E-state index in [4.69, 9.17) is 0 Å². The monoisotopic (exact) mass is 240 g/mol. The van der Waals surface area contributed by atoms with Gasteiger partial charge in [-0.15, -0.1) is 0 Å². The third-order valence-electron chi connectivity index (χ3n) is 2.48. The predicted octanol–water partition coefficient (Wildman–Crippen LogP) is 1.05. The molecule has 0 fully saturated rings. The average molecular weight is 240 g/mol. The smallest absolute Gasteiger partial charge is 0.354 e. The van der Waals surface area contributed by atoms with Crippen LogP contribution in [0.3, 0.4) is 0 Å². The molecule has 0 amide bonds. The molecule has 17 heavy (non-hydrogen) atoms. The number of aliphatic hydroxyl groups excluding tert-OH is 1. The van der Waals surface area contributed by atoms with E-state index < -0.39 is 0 Å². The molecule has 0 saturated heterocycles. The molecule has 0 aliphatic rings. The first-order valence-corrected chi connectivity index (χ1v) is 5.81. The molecule has 1 rings (SSSR count). The lowest BCUT2D eigenvalue weighted by Gasteiger charge is -2.09. The molecule has 0 radical (unpaired) electrons. The summed E-state index contributed by atoms with van der Waals surface area (Å²) in [5.74, 6) is -0.373. The first-order chi connectivity index (χ1) is 8.17. The van der Waals surface area contributed by atoms with Crippen molar-refractivity contribution in [2.45, 2.75) is 32.4 Å². The van der Waals surface area contributed by atoms with E-state index in [-0.39, 0.29) is 12.1 Å². The number of methoxy groups -OCH3 is 1. The van der Waals surface area contributed by atoms with Gasteiger partial charge in [-0.3, -0.25) is 0 Å². The number of aliphatic hydroxyl groups is 1. The summed E-state index contributed by atoms with van der Waals surface area (Å²) in [6.07, 6.45) is 3.22. The van der Waals surface area contributed by atoms with Crippen LogP contribution in [-0.4, -0.2) is 35.8 Å². The second-order valence-corrected chi connectivity index (χ2v) is 3.99. The van der Waals surface area contributed by atoms with E-state index in [0.29, 0.717) is 18.8 Å². The second-order valence-electron chi connectivity index (χ2n) is 3.99. The van der Waals surface area contributed by atoms with E-state index in [2.05, 4.69) is 15.0 Å². The Kier molecular flexibility index (Phi) is 5.72. The lowest BCUT2D eigenvalue weighted by Crippen LogP contribution is -2.26. The number of aromatic nitrogens is 1. The third-order valence-corrected chi connectivity index (χ3v) is 2.48. The van der Waals surface area contributed by atoms with E-state index in [0.717, 1.165) is 18.4 Å². The summed E-state index contributed by atoms with van der Waals surface area (Å²) >= 11 is 0. The maximum atomic E-state index is 11.2. The van der Waals surface area contributed by atoms with Gasteiger partial charge in [0.25, 0.3) is 0 Å². The Balaban J connectivity index is 2.32. The quantitative estimate of drug-likeness (QED) is 0.623. The Morgan fingerprint density at radius 3 is 3.06 bits per heavy atom. The minimum atomic E-state index is -0.373. The molecular formula is C12H20N2O3. The standard InChI is InChI=1S/C12H20N2O3/c1-3-4-10(15)8-13-6-9-5-11(14-7-9)12(16)17-2/h5,7,10,13-15H,3-4,6,8H2,1-2H3. The van der Waals surface area contributed by atoms with Crippen molar-refractivity contribution in [3.63, 3.8) is 0 Å². The molecule has 5 nitrogen and oxygen atoms in total. The fourth-order valence-corrected chi connectivity index (χ4v) is 1.59. The van der Waals surface area contributed by atoms with Crippen LogP contribution in [0.2, 0.25) is 0 Å². The number of nitrogens with one attached hydrogen (secondary N) is 2. The largest absolute Gasteiger partial charge is 0.464 e. The molecule has 0 aliphatic carbocycles. The van der Waals surface area contributed by atoms with Crippen LogP contribution in [0.4, 0.5) is 0 Å². The highest BCUT2D eigenvalue weighted by Gasteiger charge is 2.08. The predicted molar refractivity (Wildman–Crippen MR) is 64.8 cm³/mol. The zero-order valence-electron chi connectivity index (χ0n) is 10.3. The molecule has 96 valence electrons. The number of ether oxygens (including phenoxy) is 1. The highest BCUT2D eigenvalue weighted by atomic mass is 16.5. The number of H-pyrrole nitrogens is 1. The van der Waals surface area contributed by atoms with E-state index in [9.17, 15) is 9.90 Å². The van der Waals surface area contributed by atoms with Crippen LogP contribution in [0.15, 0.2) is 12.3 Å². The van der Waals surface area contributed by atoms with Gasteiger partial charge in [0.1, 0.15) is 5.69 Å². The number of aromatic amines is 1. The molecule has 1 unspecified atom stereocenters. The van der Waals surface area contributed by atoms with Crippen LogP contribution in [-0.2, 0) is 11.3 Å². The van der Waals surface area contributed by atoms with Gasteiger partial charge in [-0.05, 0) is 18.1 Å². The van der Waals surface area contributed by atoms with Gasteiger partial charge in [-0.25, -0.2) is 4.79 Å². The average Bonchev–Trinajstić information content (AvgIpc) is 2.77. The summed E-state index contributed by atoms with van der Waals surface area (Å²) in [5.41, 5.74) is 1.41. The Bertz CT molecular complexity index is 349. The van der Waals surface area contributed by atoms with Crippen LogP contribution in [0.1, 0.15) is 35.8 Å². The van der Waals surface area contributed by atoms with Gasteiger partial charge in [-0.1, -0.05) is 13.3 Å². The molecule has 1 aromatic rings. The number of hydrogen-bond donors (Lipinski definition) is 3. The van der Waals surface area contributed by atoms with E-state index in [1.54, 1.807) is 12.3 Å². The summed E-state index contributed by atoms with van der Waals surface area (Å²) in [5, 5.41) is 12.6. The van der Waals surface area contributed by atoms with Crippen LogP contribution < -0.4 is 5.32 Å². The Hall–Kier alpha value is -1.33. The first-order valence-electron chi connectivity index (χ1n) is 5.81. The van der Waals surface area contributed by atoms with Gasteiger partial charge in [0, 0.05) is 19.3 Å². The van der Waals surface area contributed by atoms with Crippen molar-refractivity contribution in [3.8, 4) is 0 Å². The summed E-state index contributed by atoms with van der Waals surface area (Å²) < 4.78 is 4.59. The molecule has 0 aliphatic heterocycles. The zero-order valence-corrected chi connectivity index (χ0v) is 10.3. The fraction of sp³-hybridized carbons (Fsp3) is 0.583. The van der Waals surface area contributed by atoms with E-state index >= 15 is 0 Å². The lowest BCUT2D eigenvalue weighted by atomic mass is 10.2. The van der Waals surface area contributed by atoms with Crippen molar-refractivity contribution in [3.05, 3.63) is 23.5 Å². The molecular weight excluding hydrogens is 220 g/mol. The van der Waals surface area contributed by atoms with Crippen LogP contribution >= 0.6 is 0 Å². The van der Waals surface area contributed by atoms with Crippen molar-refractivity contribution in [1.82, 2.24) is 10.3 Å². The summed E-state index contributed by atoms with van der Waals surface area (Å²) in [4.78, 5) is 14.0. The molecule has 0 saturated carbocycles. The van der Waals surface area contributed by atoms with Crippen LogP contribution in [0.25, 0.3) is 0 Å². The molecule has 1 atom stereocenters. The number of esters is 1. The van der Waals surface area contributed by atoms with Gasteiger partial charge in [0.15, 0.2) is 0 Å². The van der Waals surface area contributed by atoms with Crippen LogP contribution in [0, 0.1) is 0 Å². The third kappa shape index (κ3) is 4.58. The van der Waals surface area contributed by atoms with Crippen molar-refractivity contribution in [2.75, 3.05) is 13.7 Å². The zero-order chi connectivity index (χ0) is 12.7. The molecule has 1 heterocycles. The van der Waals surface area contributed by atoms with Gasteiger partial charge in [0.2, 0.25) is 0 Å². The minimum absolute atomic E-state index is 0.306. The first kappa shape index (κ1) is 13.7. The van der Waals surface area contributed by atoms with Crippen molar-refractivity contribution in [2.24, 2.45) is 0 Å². The van der Waals surface area contributed by atoms with E-state index in [1.165, 1.54) is 7.11 Å². The molecule has 0 spiro atoms. The number of carbonyl (C=O) groups excluding carboxylic acids is 1. The summed E-state index contributed by atoms with van der Waals surface area (Å²) in [6.45, 7) is 3.22. The van der Waals surface area contributed by atoms with Crippen molar-refractivity contribution in [1.29, 1.82) is 0 Å². The van der Waals surface area contributed by atoms with Gasteiger partial charge >= 0.3 is 5.97 Å². The highest BCUT2D eigenvalue weighted by Crippen LogP contribution is 2.04. The Morgan fingerprint density at radius 2 is 2.41 bits per heavy atom. The summed E-state index contributed by atoms with van der Waals surface area (Å²) in [6, 6.07) is 1.74. The van der Waals surface area contributed by atoms with E-state index in [1.807, 2.05) is 6.92 Å². The number of carbonyl (C=O) groups is 1. The van der Waals surface area contributed by atoms with Gasteiger partial charge in [-0.2, -0.15) is 0 Å².